The summed E-state index contributed by atoms with van der Waals surface area (Å²) in [5, 5.41) is 0. The summed E-state index contributed by atoms with van der Waals surface area (Å²) >= 11 is 0. The first-order valence-electron chi connectivity index (χ1n) is 9.59. The van der Waals surface area contributed by atoms with Gasteiger partial charge in [-0.1, -0.05) is 70.4 Å². The molecule has 23 heavy (non-hydrogen) atoms. The van der Waals surface area contributed by atoms with E-state index in [-0.39, 0.29) is 24.3 Å². The van der Waals surface area contributed by atoms with Gasteiger partial charge in [0.2, 0.25) is 0 Å². The maximum Gasteiger partial charge on any atom is 0.317 e. The van der Waals surface area contributed by atoms with Crippen LogP contribution in [0.15, 0.2) is 11.6 Å². The third kappa shape index (κ3) is 8.92. The minimum absolute atomic E-state index is 0.236. The first kappa shape index (κ1) is 19.9. The second kappa shape index (κ2) is 12.3. The molecule has 1 unspecified atom stereocenters. The second-order valence-corrected chi connectivity index (χ2v) is 6.77. The van der Waals surface area contributed by atoms with Gasteiger partial charge in [0.15, 0.2) is 0 Å². The van der Waals surface area contributed by atoms with E-state index in [2.05, 4.69) is 24.7 Å². The van der Waals surface area contributed by atoms with E-state index in [1.165, 1.54) is 63.4 Å². The van der Waals surface area contributed by atoms with Gasteiger partial charge in [0.05, 0.1) is 12.3 Å². The Kier molecular flexibility index (Phi) is 10.7. The summed E-state index contributed by atoms with van der Waals surface area (Å²) in [5.41, 5.74) is 1.35. The van der Waals surface area contributed by atoms with Gasteiger partial charge in [-0.25, -0.2) is 0 Å². The van der Waals surface area contributed by atoms with E-state index in [1.807, 2.05) is 0 Å². The molecule has 1 fully saturated rings. The molecule has 1 saturated heterocycles. The van der Waals surface area contributed by atoms with E-state index < -0.39 is 0 Å². The van der Waals surface area contributed by atoms with Crippen molar-refractivity contribution in [3.05, 3.63) is 11.6 Å². The number of ether oxygens (including phenoxy) is 1. The normalized spacial score (nSPS) is 18.5. The molecule has 0 radical (unpaired) electrons. The Morgan fingerprint density at radius 3 is 2.26 bits per heavy atom. The zero-order valence-electron chi connectivity index (χ0n) is 15.1. The molecule has 0 aromatic carbocycles. The topological polar surface area (TPSA) is 43.4 Å². The monoisotopic (exact) mass is 322 g/mol. The molecule has 1 aliphatic rings. The molecule has 1 heterocycles. The van der Waals surface area contributed by atoms with E-state index in [0.717, 1.165) is 12.8 Å². The predicted octanol–water partition coefficient (Wildman–Crippen LogP) is 5.72. The molecular weight excluding hydrogens is 288 g/mol. The number of hydrogen-bond acceptors (Lipinski definition) is 3. The number of carbonyl (C=O) groups excluding carboxylic acids is 2. The number of rotatable bonds is 13. The highest BCUT2D eigenvalue weighted by molar-refractivity contribution is 5.94. The predicted molar refractivity (Wildman–Crippen MR) is 94.0 cm³/mol. The molecule has 1 rings (SSSR count). The summed E-state index contributed by atoms with van der Waals surface area (Å²) in [6.07, 6.45) is 16.8. The van der Waals surface area contributed by atoms with Crippen molar-refractivity contribution in [2.75, 3.05) is 0 Å². The Morgan fingerprint density at radius 2 is 1.65 bits per heavy atom. The van der Waals surface area contributed by atoms with Crippen molar-refractivity contribution in [1.29, 1.82) is 0 Å². The minimum atomic E-state index is -0.357. The van der Waals surface area contributed by atoms with E-state index >= 15 is 0 Å². The Bertz CT molecular complexity index is 384. The van der Waals surface area contributed by atoms with Crippen LogP contribution in [-0.2, 0) is 14.3 Å². The van der Waals surface area contributed by atoms with Crippen molar-refractivity contribution >= 4 is 11.9 Å². The van der Waals surface area contributed by atoms with Crippen LogP contribution in [0.2, 0.25) is 0 Å². The van der Waals surface area contributed by atoms with Gasteiger partial charge in [0.25, 0.3) is 0 Å². The van der Waals surface area contributed by atoms with Crippen LogP contribution in [0.25, 0.3) is 0 Å². The summed E-state index contributed by atoms with van der Waals surface area (Å²) in [6, 6.07) is 0. The average Bonchev–Trinajstić information content (AvgIpc) is 2.84. The minimum Gasteiger partial charge on any atom is -0.393 e. The SMILES string of the molecule is CCCCCCC/C=C(\CCCCCC)CC1CC(=O)OC1=O. The zero-order valence-corrected chi connectivity index (χ0v) is 15.1. The lowest BCUT2D eigenvalue weighted by molar-refractivity contribution is -0.153. The van der Waals surface area contributed by atoms with E-state index in [0.29, 0.717) is 6.42 Å². The fourth-order valence-corrected chi connectivity index (χ4v) is 3.11. The number of carbonyl (C=O) groups is 2. The fraction of sp³-hybridized carbons (Fsp3) is 0.800. The number of hydrogen-bond donors (Lipinski definition) is 0. The highest BCUT2D eigenvalue weighted by Gasteiger charge is 2.33. The largest absolute Gasteiger partial charge is 0.393 e. The molecule has 0 amide bonds. The lowest BCUT2D eigenvalue weighted by Gasteiger charge is -2.10. The van der Waals surface area contributed by atoms with Crippen LogP contribution in [0, 0.1) is 5.92 Å². The lowest BCUT2D eigenvalue weighted by atomic mass is 9.93. The quantitative estimate of drug-likeness (QED) is 0.188. The highest BCUT2D eigenvalue weighted by Crippen LogP contribution is 2.27. The summed E-state index contributed by atoms with van der Waals surface area (Å²) in [6.45, 7) is 4.45. The third-order valence-corrected chi connectivity index (χ3v) is 4.56. The highest BCUT2D eigenvalue weighted by atomic mass is 16.6. The van der Waals surface area contributed by atoms with Crippen molar-refractivity contribution in [3.8, 4) is 0 Å². The molecule has 0 N–H and O–H groups in total. The van der Waals surface area contributed by atoms with Gasteiger partial charge in [-0.15, -0.1) is 0 Å². The van der Waals surface area contributed by atoms with Gasteiger partial charge in [-0.05, 0) is 32.1 Å². The molecule has 0 aromatic rings. The number of allylic oxidation sites excluding steroid dienone is 2. The maximum atomic E-state index is 11.7. The molecule has 0 spiro atoms. The Hall–Kier alpha value is -1.12. The molecule has 1 aliphatic heterocycles. The van der Waals surface area contributed by atoms with E-state index in [4.69, 9.17) is 0 Å². The van der Waals surface area contributed by atoms with Gasteiger partial charge in [0, 0.05) is 0 Å². The molecule has 0 saturated carbocycles. The first-order chi connectivity index (χ1) is 11.2. The van der Waals surface area contributed by atoms with Gasteiger partial charge >= 0.3 is 11.9 Å². The second-order valence-electron chi connectivity index (χ2n) is 6.77. The van der Waals surface area contributed by atoms with Gasteiger partial charge < -0.3 is 4.74 Å². The van der Waals surface area contributed by atoms with Crippen LogP contribution < -0.4 is 0 Å². The maximum absolute atomic E-state index is 11.7. The van der Waals surface area contributed by atoms with Crippen LogP contribution in [0.5, 0.6) is 0 Å². The summed E-state index contributed by atoms with van der Waals surface area (Å²) < 4.78 is 4.68. The fourth-order valence-electron chi connectivity index (χ4n) is 3.11. The molecule has 0 aliphatic carbocycles. The van der Waals surface area contributed by atoms with Crippen molar-refractivity contribution in [1.82, 2.24) is 0 Å². The molecule has 0 aromatic heterocycles. The molecule has 0 bridgehead atoms. The van der Waals surface area contributed by atoms with Gasteiger partial charge in [-0.3, -0.25) is 9.59 Å². The van der Waals surface area contributed by atoms with Crippen LogP contribution in [-0.4, -0.2) is 11.9 Å². The van der Waals surface area contributed by atoms with Crippen molar-refractivity contribution in [3.63, 3.8) is 0 Å². The number of cyclic esters (lactones) is 2. The molecular formula is C20H34O3. The van der Waals surface area contributed by atoms with Crippen LogP contribution in [0.3, 0.4) is 0 Å². The molecule has 132 valence electrons. The number of unbranched alkanes of at least 4 members (excludes halogenated alkanes) is 8. The molecule has 3 heteroatoms. The molecule has 1 atom stereocenters. The van der Waals surface area contributed by atoms with Gasteiger partial charge in [0.1, 0.15) is 0 Å². The Labute approximate surface area is 141 Å². The van der Waals surface area contributed by atoms with Crippen LogP contribution in [0.4, 0.5) is 0 Å². The average molecular weight is 322 g/mol. The van der Waals surface area contributed by atoms with Crippen LogP contribution in [0.1, 0.15) is 97.3 Å². The van der Waals surface area contributed by atoms with Crippen molar-refractivity contribution in [2.45, 2.75) is 97.3 Å². The number of esters is 2. The van der Waals surface area contributed by atoms with Gasteiger partial charge in [-0.2, -0.15) is 0 Å². The van der Waals surface area contributed by atoms with E-state index in [1.54, 1.807) is 0 Å². The first-order valence-corrected chi connectivity index (χ1v) is 9.59. The smallest absolute Gasteiger partial charge is 0.317 e. The van der Waals surface area contributed by atoms with Crippen LogP contribution >= 0.6 is 0 Å². The molecule has 3 nitrogen and oxygen atoms in total. The summed E-state index contributed by atoms with van der Waals surface area (Å²) in [5.74, 6) is -0.915. The van der Waals surface area contributed by atoms with Crippen molar-refractivity contribution < 1.29 is 14.3 Å². The third-order valence-electron chi connectivity index (χ3n) is 4.56. The zero-order chi connectivity index (χ0) is 16.9. The summed E-state index contributed by atoms with van der Waals surface area (Å²) in [4.78, 5) is 22.9. The standard InChI is InChI=1S/C20H34O3/c1-3-5-7-9-10-12-14-17(13-11-8-6-4-2)15-18-16-19(21)23-20(18)22/h14,18H,3-13,15-16H2,1-2H3/b17-14+. The lowest BCUT2D eigenvalue weighted by Crippen LogP contribution is -2.08. The Balaban J connectivity index is 2.40. The van der Waals surface area contributed by atoms with E-state index in [9.17, 15) is 9.59 Å². The Morgan fingerprint density at radius 1 is 1.00 bits per heavy atom. The summed E-state index contributed by atoms with van der Waals surface area (Å²) in [7, 11) is 0. The van der Waals surface area contributed by atoms with Crippen molar-refractivity contribution in [2.24, 2.45) is 5.92 Å².